The molecule has 0 atom stereocenters. The van der Waals surface area contributed by atoms with Crippen molar-refractivity contribution in [2.75, 3.05) is 19.7 Å². The molecule has 0 saturated carbocycles. The van der Waals surface area contributed by atoms with Crippen LogP contribution in [0.1, 0.15) is 16.1 Å². The molecule has 1 amide bonds. The Morgan fingerprint density at radius 1 is 1.47 bits per heavy atom. The maximum atomic E-state index is 12.3. The number of hydrogen-bond acceptors (Lipinski definition) is 3. The Labute approximate surface area is 111 Å². The Hall–Kier alpha value is -2.07. The minimum Gasteiger partial charge on any atom is -0.451 e. The summed E-state index contributed by atoms with van der Waals surface area (Å²) in [7, 11) is 0. The number of rotatable bonds is 5. The van der Waals surface area contributed by atoms with E-state index in [0.717, 1.165) is 10.9 Å². The molecule has 1 aromatic carbocycles. The predicted octanol–water partition coefficient (Wildman–Crippen LogP) is 2.36. The first-order valence-corrected chi connectivity index (χ1v) is 6.17. The van der Waals surface area contributed by atoms with Gasteiger partial charge in [0.1, 0.15) is 5.58 Å². The standard InChI is InChI=1S/C15H17NO3/c1-3-6-16(7-8-17)15(18)14-10-12-9-11(2)4-5-13(12)19-14/h3-5,9-10,17H,1,6-8H2,2H3. The molecule has 2 aromatic rings. The number of nitrogens with zero attached hydrogens (tertiary/aromatic N) is 1. The van der Waals surface area contributed by atoms with Crippen molar-refractivity contribution >= 4 is 16.9 Å². The Bertz CT molecular complexity index is 600. The van der Waals surface area contributed by atoms with Gasteiger partial charge in [-0.1, -0.05) is 17.7 Å². The zero-order chi connectivity index (χ0) is 13.8. The Balaban J connectivity index is 2.31. The minimum atomic E-state index is -0.234. The maximum absolute atomic E-state index is 12.3. The number of aryl methyl sites for hydroxylation is 1. The molecule has 0 spiro atoms. The van der Waals surface area contributed by atoms with E-state index in [9.17, 15) is 4.79 Å². The molecule has 0 aliphatic carbocycles. The van der Waals surface area contributed by atoms with Crippen LogP contribution in [-0.2, 0) is 0 Å². The molecular weight excluding hydrogens is 242 g/mol. The van der Waals surface area contributed by atoms with E-state index in [1.165, 1.54) is 4.90 Å². The van der Waals surface area contributed by atoms with Crippen LogP contribution in [0.15, 0.2) is 41.3 Å². The molecule has 4 heteroatoms. The zero-order valence-corrected chi connectivity index (χ0v) is 10.9. The lowest BCUT2D eigenvalue weighted by Gasteiger charge is -2.18. The molecule has 2 rings (SSSR count). The number of benzene rings is 1. The van der Waals surface area contributed by atoms with Crippen LogP contribution in [-0.4, -0.2) is 35.6 Å². The predicted molar refractivity (Wildman–Crippen MR) is 74.1 cm³/mol. The van der Waals surface area contributed by atoms with E-state index in [4.69, 9.17) is 9.52 Å². The third-order valence-electron chi connectivity index (χ3n) is 2.89. The number of hydrogen-bond donors (Lipinski definition) is 1. The summed E-state index contributed by atoms with van der Waals surface area (Å²) < 4.78 is 5.55. The molecule has 1 heterocycles. The van der Waals surface area contributed by atoms with Gasteiger partial charge in [0.2, 0.25) is 0 Å². The Kier molecular flexibility index (Phi) is 4.02. The Morgan fingerprint density at radius 2 is 2.26 bits per heavy atom. The molecule has 0 fully saturated rings. The summed E-state index contributed by atoms with van der Waals surface area (Å²) in [6.07, 6.45) is 1.63. The van der Waals surface area contributed by atoms with Gasteiger partial charge < -0.3 is 14.4 Å². The summed E-state index contributed by atoms with van der Waals surface area (Å²) >= 11 is 0. The van der Waals surface area contributed by atoms with Crippen LogP contribution in [0.4, 0.5) is 0 Å². The van der Waals surface area contributed by atoms with Gasteiger partial charge in [-0.2, -0.15) is 0 Å². The van der Waals surface area contributed by atoms with E-state index in [1.807, 2.05) is 25.1 Å². The average Bonchev–Trinajstić information content (AvgIpc) is 2.80. The first-order chi connectivity index (χ1) is 9.15. The van der Waals surface area contributed by atoms with Crippen molar-refractivity contribution < 1.29 is 14.3 Å². The molecule has 1 aromatic heterocycles. The number of amides is 1. The second kappa shape index (κ2) is 5.71. The van der Waals surface area contributed by atoms with Crippen molar-refractivity contribution in [3.63, 3.8) is 0 Å². The number of aliphatic hydroxyl groups is 1. The van der Waals surface area contributed by atoms with Crippen LogP contribution in [0.3, 0.4) is 0 Å². The summed E-state index contributed by atoms with van der Waals surface area (Å²) in [5.41, 5.74) is 1.81. The van der Waals surface area contributed by atoms with Crippen molar-refractivity contribution in [3.05, 3.63) is 48.2 Å². The largest absolute Gasteiger partial charge is 0.451 e. The highest BCUT2D eigenvalue weighted by molar-refractivity contribution is 5.96. The molecule has 1 N–H and O–H groups in total. The fourth-order valence-electron chi connectivity index (χ4n) is 1.98. The summed E-state index contributed by atoms with van der Waals surface area (Å²) in [6.45, 7) is 6.16. The van der Waals surface area contributed by atoms with Crippen LogP contribution in [0, 0.1) is 6.92 Å². The van der Waals surface area contributed by atoms with Gasteiger partial charge in [-0.15, -0.1) is 6.58 Å². The van der Waals surface area contributed by atoms with Crippen LogP contribution in [0.2, 0.25) is 0 Å². The molecule has 19 heavy (non-hydrogen) atoms. The van der Waals surface area contributed by atoms with Crippen molar-refractivity contribution in [2.45, 2.75) is 6.92 Å². The summed E-state index contributed by atoms with van der Waals surface area (Å²) in [4.78, 5) is 13.8. The second-order valence-electron chi connectivity index (χ2n) is 4.42. The lowest BCUT2D eigenvalue weighted by molar-refractivity contribution is 0.0713. The van der Waals surface area contributed by atoms with E-state index in [-0.39, 0.29) is 24.8 Å². The number of furan rings is 1. The number of carbonyl (C=O) groups is 1. The van der Waals surface area contributed by atoms with Crippen molar-refractivity contribution in [1.82, 2.24) is 4.90 Å². The molecule has 0 unspecified atom stereocenters. The second-order valence-corrected chi connectivity index (χ2v) is 4.42. The topological polar surface area (TPSA) is 53.7 Å². The van der Waals surface area contributed by atoms with Gasteiger partial charge in [0, 0.05) is 18.5 Å². The Morgan fingerprint density at radius 3 is 2.95 bits per heavy atom. The molecule has 0 radical (unpaired) electrons. The first-order valence-electron chi connectivity index (χ1n) is 6.17. The monoisotopic (exact) mass is 259 g/mol. The van der Waals surface area contributed by atoms with Gasteiger partial charge in [-0.3, -0.25) is 4.79 Å². The third kappa shape index (κ3) is 2.85. The summed E-state index contributed by atoms with van der Waals surface area (Å²) in [6, 6.07) is 7.50. The molecule has 0 saturated heterocycles. The number of carbonyl (C=O) groups excluding carboxylic acids is 1. The smallest absolute Gasteiger partial charge is 0.289 e. The lowest BCUT2D eigenvalue weighted by Crippen LogP contribution is -2.33. The normalized spacial score (nSPS) is 10.6. The van der Waals surface area contributed by atoms with Gasteiger partial charge in [-0.25, -0.2) is 0 Å². The van der Waals surface area contributed by atoms with E-state index in [2.05, 4.69) is 6.58 Å². The van der Waals surface area contributed by atoms with Crippen LogP contribution in [0.25, 0.3) is 11.0 Å². The summed E-state index contributed by atoms with van der Waals surface area (Å²) in [5.74, 6) is 0.0544. The van der Waals surface area contributed by atoms with Crippen LogP contribution in [0.5, 0.6) is 0 Å². The summed E-state index contributed by atoms with van der Waals surface area (Å²) in [5, 5.41) is 9.88. The fourth-order valence-corrected chi connectivity index (χ4v) is 1.98. The van der Waals surface area contributed by atoms with Gasteiger partial charge in [0.05, 0.1) is 6.61 Å². The highest BCUT2D eigenvalue weighted by Gasteiger charge is 2.18. The third-order valence-corrected chi connectivity index (χ3v) is 2.89. The van der Waals surface area contributed by atoms with Crippen molar-refractivity contribution in [2.24, 2.45) is 0 Å². The molecule has 0 aliphatic heterocycles. The van der Waals surface area contributed by atoms with Crippen LogP contribution >= 0.6 is 0 Å². The minimum absolute atomic E-state index is 0.0844. The first kappa shape index (κ1) is 13.4. The fraction of sp³-hybridized carbons (Fsp3) is 0.267. The molecular formula is C15H17NO3. The average molecular weight is 259 g/mol. The molecule has 4 nitrogen and oxygen atoms in total. The number of aliphatic hydroxyl groups excluding tert-OH is 1. The molecule has 0 bridgehead atoms. The van der Waals surface area contributed by atoms with E-state index < -0.39 is 0 Å². The van der Waals surface area contributed by atoms with Gasteiger partial charge in [-0.05, 0) is 25.1 Å². The van der Waals surface area contributed by atoms with E-state index >= 15 is 0 Å². The van der Waals surface area contributed by atoms with Gasteiger partial charge in [0.15, 0.2) is 5.76 Å². The highest BCUT2D eigenvalue weighted by Crippen LogP contribution is 2.21. The highest BCUT2D eigenvalue weighted by atomic mass is 16.3. The maximum Gasteiger partial charge on any atom is 0.289 e. The van der Waals surface area contributed by atoms with Crippen LogP contribution < -0.4 is 0 Å². The lowest BCUT2D eigenvalue weighted by atomic mass is 10.2. The van der Waals surface area contributed by atoms with Gasteiger partial charge in [0.25, 0.3) is 5.91 Å². The molecule has 0 aliphatic rings. The van der Waals surface area contributed by atoms with Crippen molar-refractivity contribution in [3.8, 4) is 0 Å². The molecule has 100 valence electrons. The van der Waals surface area contributed by atoms with E-state index in [0.29, 0.717) is 12.1 Å². The van der Waals surface area contributed by atoms with E-state index in [1.54, 1.807) is 12.1 Å². The van der Waals surface area contributed by atoms with Gasteiger partial charge >= 0.3 is 0 Å². The van der Waals surface area contributed by atoms with Crippen molar-refractivity contribution in [1.29, 1.82) is 0 Å². The number of fused-ring (bicyclic) bond motifs is 1. The quantitative estimate of drug-likeness (QED) is 0.839. The zero-order valence-electron chi connectivity index (χ0n) is 10.9. The SMILES string of the molecule is C=CCN(CCO)C(=O)c1cc2cc(C)ccc2o1.